The van der Waals surface area contributed by atoms with Gasteiger partial charge in [0.15, 0.2) is 0 Å². The maximum absolute atomic E-state index is 13.1. The lowest BCUT2D eigenvalue weighted by Gasteiger charge is -2.27. The van der Waals surface area contributed by atoms with Gasteiger partial charge in [0, 0.05) is 19.6 Å². The molecule has 2 fully saturated rings. The Morgan fingerprint density at radius 3 is 2.77 bits per heavy atom. The number of nitrogens with one attached hydrogen (secondary N) is 1. The van der Waals surface area contributed by atoms with E-state index < -0.39 is 5.91 Å². The van der Waals surface area contributed by atoms with E-state index in [0.717, 1.165) is 31.5 Å². The number of nitrogens with zero attached hydrogens (tertiary/aromatic N) is 3. The first kappa shape index (κ1) is 17.0. The molecule has 1 aromatic heterocycles. The van der Waals surface area contributed by atoms with E-state index >= 15 is 0 Å². The lowest BCUT2D eigenvalue weighted by atomic mass is 9.91. The predicted octanol–water partition coefficient (Wildman–Crippen LogP) is 0.902. The van der Waals surface area contributed by atoms with Crippen LogP contribution in [0.5, 0.6) is 0 Å². The van der Waals surface area contributed by atoms with E-state index in [1.807, 2.05) is 18.2 Å². The minimum absolute atomic E-state index is 0.00675. The Kier molecular flexibility index (Phi) is 4.60. The van der Waals surface area contributed by atoms with E-state index in [1.165, 1.54) is 4.57 Å². The van der Waals surface area contributed by atoms with E-state index in [0.29, 0.717) is 43.3 Å². The highest BCUT2D eigenvalue weighted by molar-refractivity contribution is 6.01. The summed E-state index contributed by atoms with van der Waals surface area (Å²) in [5.74, 6) is -0.391. The molecule has 8 nitrogen and oxygen atoms in total. The second-order valence-electron chi connectivity index (χ2n) is 6.78. The Hall–Kier alpha value is -2.45. The Morgan fingerprint density at radius 2 is 2.08 bits per heavy atom. The number of para-hydroxylation sites is 1. The average molecular weight is 357 g/mol. The van der Waals surface area contributed by atoms with Crippen LogP contribution in [0.3, 0.4) is 0 Å². The third-order valence-corrected chi connectivity index (χ3v) is 5.15. The van der Waals surface area contributed by atoms with Crippen LogP contribution >= 0.6 is 0 Å². The maximum atomic E-state index is 13.1. The SMILES string of the molecule is NC(=O)c1nc2c(C3CCCNC3)cccc2n1C(=O)N1CCOCC1. The monoisotopic (exact) mass is 357 g/mol. The fraction of sp³-hybridized carbons (Fsp3) is 0.500. The van der Waals surface area contributed by atoms with Gasteiger partial charge in [0.25, 0.3) is 5.91 Å². The van der Waals surface area contributed by atoms with Crippen molar-refractivity contribution in [2.45, 2.75) is 18.8 Å². The number of amides is 2. The minimum Gasteiger partial charge on any atom is -0.378 e. The van der Waals surface area contributed by atoms with Crippen LogP contribution in [0.2, 0.25) is 0 Å². The lowest BCUT2D eigenvalue weighted by molar-refractivity contribution is 0.0535. The van der Waals surface area contributed by atoms with Gasteiger partial charge >= 0.3 is 6.03 Å². The molecule has 0 aliphatic carbocycles. The Morgan fingerprint density at radius 1 is 1.27 bits per heavy atom. The number of aromatic nitrogens is 2. The number of hydrogen-bond acceptors (Lipinski definition) is 5. The summed E-state index contributed by atoms with van der Waals surface area (Å²) in [6.07, 6.45) is 2.15. The van der Waals surface area contributed by atoms with Crippen LogP contribution in [0.15, 0.2) is 18.2 Å². The summed E-state index contributed by atoms with van der Waals surface area (Å²) in [4.78, 5) is 31.2. The zero-order valence-corrected chi connectivity index (χ0v) is 14.6. The molecule has 0 radical (unpaired) electrons. The van der Waals surface area contributed by atoms with Crippen molar-refractivity contribution >= 4 is 23.0 Å². The molecule has 2 aromatic rings. The standard InChI is InChI=1S/C18H23N5O3/c19-16(24)17-21-15-13(12-3-2-6-20-11-12)4-1-5-14(15)23(17)18(25)22-7-9-26-10-8-22/h1,4-5,12,20H,2-3,6-11H2,(H2,19,24). The largest absolute Gasteiger partial charge is 0.378 e. The quantitative estimate of drug-likeness (QED) is 0.831. The smallest absolute Gasteiger partial charge is 0.330 e. The second-order valence-corrected chi connectivity index (χ2v) is 6.78. The molecule has 26 heavy (non-hydrogen) atoms. The van der Waals surface area contributed by atoms with Crippen molar-refractivity contribution in [2.75, 3.05) is 39.4 Å². The van der Waals surface area contributed by atoms with Gasteiger partial charge in [0.1, 0.15) is 0 Å². The average Bonchev–Trinajstić information content (AvgIpc) is 3.09. The van der Waals surface area contributed by atoms with Crippen molar-refractivity contribution in [3.8, 4) is 0 Å². The number of fused-ring (bicyclic) bond motifs is 1. The molecule has 1 atom stereocenters. The van der Waals surface area contributed by atoms with Gasteiger partial charge in [-0.25, -0.2) is 14.3 Å². The summed E-state index contributed by atoms with van der Waals surface area (Å²) >= 11 is 0. The van der Waals surface area contributed by atoms with Gasteiger partial charge in [-0.1, -0.05) is 12.1 Å². The number of rotatable bonds is 2. The molecular weight excluding hydrogens is 334 g/mol. The molecule has 138 valence electrons. The Labute approximate surface area is 151 Å². The Bertz CT molecular complexity index is 835. The first-order valence-corrected chi connectivity index (χ1v) is 9.05. The van der Waals surface area contributed by atoms with E-state index in [4.69, 9.17) is 10.5 Å². The third-order valence-electron chi connectivity index (χ3n) is 5.15. The lowest BCUT2D eigenvalue weighted by Crippen LogP contribution is -2.43. The summed E-state index contributed by atoms with van der Waals surface area (Å²) < 4.78 is 6.68. The van der Waals surface area contributed by atoms with Crippen molar-refractivity contribution in [2.24, 2.45) is 5.73 Å². The fourth-order valence-electron chi connectivity index (χ4n) is 3.82. The van der Waals surface area contributed by atoms with E-state index in [1.54, 1.807) is 4.90 Å². The fourth-order valence-corrected chi connectivity index (χ4v) is 3.82. The third kappa shape index (κ3) is 2.95. The number of hydrogen-bond donors (Lipinski definition) is 2. The van der Waals surface area contributed by atoms with Crippen LogP contribution in [-0.4, -0.2) is 65.8 Å². The molecule has 2 amide bonds. The highest BCUT2D eigenvalue weighted by Crippen LogP contribution is 2.30. The molecule has 1 aromatic carbocycles. The van der Waals surface area contributed by atoms with E-state index in [2.05, 4.69) is 10.3 Å². The minimum atomic E-state index is -0.699. The molecule has 2 aliphatic rings. The highest BCUT2D eigenvalue weighted by Gasteiger charge is 2.28. The molecule has 0 spiro atoms. The van der Waals surface area contributed by atoms with Crippen LogP contribution in [-0.2, 0) is 4.74 Å². The second kappa shape index (κ2) is 7.05. The highest BCUT2D eigenvalue weighted by atomic mass is 16.5. The number of benzene rings is 1. The van der Waals surface area contributed by atoms with Crippen LogP contribution in [0, 0.1) is 0 Å². The van der Waals surface area contributed by atoms with Crippen molar-refractivity contribution in [3.63, 3.8) is 0 Å². The number of carbonyl (C=O) groups excluding carboxylic acids is 2. The van der Waals surface area contributed by atoms with Gasteiger partial charge in [-0.2, -0.15) is 0 Å². The zero-order chi connectivity index (χ0) is 18.1. The van der Waals surface area contributed by atoms with Crippen molar-refractivity contribution in [3.05, 3.63) is 29.6 Å². The molecule has 2 aliphatic heterocycles. The van der Waals surface area contributed by atoms with Gasteiger partial charge in [-0.05, 0) is 36.9 Å². The first-order valence-electron chi connectivity index (χ1n) is 9.05. The first-order chi connectivity index (χ1) is 12.7. The molecule has 4 rings (SSSR count). The number of piperidine rings is 1. The summed E-state index contributed by atoms with van der Waals surface area (Å²) in [6, 6.07) is 5.50. The summed E-state index contributed by atoms with van der Waals surface area (Å²) in [5, 5.41) is 3.40. The molecule has 0 saturated carbocycles. The Balaban J connectivity index is 1.82. The maximum Gasteiger partial charge on any atom is 0.330 e. The molecule has 8 heteroatoms. The van der Waals surface area contributed by atoms with Crippen LogP contribution < -0.4 is 11.1 Å². The number of imidazole rings is 1. The zero-order valence-electron chi connectivity index (χ0n) is 14.6. The molecule has 1 unspecified atom stereocenters. The molecular formula is C18H23N5O3. The van der Waals surface area contributed by atoms with Gasteiger partial charge in [0.2, 0.25) is 5.82 Å². The predicted molar refractivity (Wildman–Crippen MR) is 96.3 cm³/mol. The molecule has 2 saturated heterocycles. The number of carbonyl (C=O) groups is 2. The van der Waals surface area contributed by atoms with E-state index in [-0.39, 0.29) is 11.9 Å². The molecule has 3 heterocycles. The number of ether oxygens (including phenoxy) is 1. The van der Waals surface area contributed by atoms with Gasteiger partial charge in [-0.15, -0.1) is 0 Å². The van der Waals surface area contributed by atoms with Gasteiger partial charge in [0.05, 0.1) is 24.2 Å². The van der Waals surface area contributed by atoms with Crippen molar-refractivity contribution < 1.29 is 14.3 Å². The molecule has 0 bridgehead atoms. The summed E-state index contributed by atoms with van der Waals surface area (Å²) in [6.45, 7) is 3.84. The normalized spacial score (nSPS) is 21.1. The summed E-state index contributed by atoms with van der Waals surface area (Å²) in [5.41, 5.74) is 7.93. The van der Waals surface area contributed by atoms with Gasteiger partial charge < -0.3 is 20.7 Å². The topological polar surface area (TPSA) is 102 Å². The number of primary amides is 1. The van der Waals surface area contributed by atoms with Crippen molar-refractivity contribution in [1.82, 2.24) is 19.8 Å². The van der Waals surface area contributed by atoms with Crippen LogP contribution in [0.4, 0.5) is 4.79 Å². The van der Waals surface area contributed by atoms with E-state index in [9.17, 15) is 9.59 Å². The number of nitrogens with two attached hydrogens (primary N) is 1. The molecule has 3 N–H and O–H groups in total. The van der Waals surface area contributed by atoms with Crippen molar-refractivity contribution in [1.29, 1.82) is 0 Å². The van der Waals surface area contributed by atoms with Crippen LogP contribution in [0.25, 0.3) is 11.0 Å². The summed E-state index contributed by atoms with van der Waals surface area (Å²) in [7, 11) is 0. The van der Waals surface area contributed by atoms with Gasteiger partial charge in [-0.3, -0.25) is 4.79 Å². The van der Waals surface area contributed by atoms with Crippen LogP contribution in [0.1, 0.15) is 34.9 Å². The number of morpholine rings is 1.